The monoisotopic (exact) mass is 668 g/mol. The smallest absolute Gasteiger partial charge is 0.338 e. The normalized spacial score (nSPS) is 16.0. The van der Waals surface area contributed by atoms with Crippen LogP contribution in [0.2, 0.25) is 0 Å². The molecule has 0 radical (unpaired) electrons. The van der Waals surface area contributed by atoms with E-state index in [4.69, 9.17) is 14.1 Å². The van der Waals surface area contributed by atoms with Crippen LogP contribution in [-0.2, 0) is 9.53 Å². The number of thiazole rings is 1. The Balaban J connectivity index is 1.97. The summed E-state index contributed by atoms with van der Waals surface area (Å²) in [6, 6.07) is 9.32. The first-order valence-electron chi connectivity index (χ1n) is 11.5. The van der Waals surface area contributed by atoms with Crippen LogP contribution in [0.4, 0.5) is 0 Å². The number of carbonyl (C=O) groups excluding carboxylic acids is 1. The largest absolute Gasteiger partial charge is 0.463 e. The molecule has 1 aromatic carbocycles. The van der Waals surface area contributed by atoms with Crippen molar-refractivity contribution in [2.75, 3.05) is 6.61 Å². The molecular weight excluding hydrogens is 643 g/mol. The molecule has 0 saturated heterocycles. The number of esters is 1. The molecule has 1 atom stereocenters. The summed E-state index contributed by atoms with van der Waals surface area (Å²) in [7, 11) is 0. The van der Waals surface area contributed by atoms with Gasteiger partial charge in [-0.1, -0.05) is 62.8 Å². The zero-order valence-electron chi connectivity index (χ0n) is 19.9. The minimum absolute atomic E-state index is 0.216. The summed E-state index contributed by atoms with van der Waals surface area (Å²) >= 11 is 6.84. The number of allylic oxidation sites excluding steroid dienone is 1. The van der Waals surface area contributed by atoms with E-state index in [0.717, 1.165) is 16.5 Å². The molecule has 0 unspecified atom stereocenters. The van der Waals surface area contributed by atoms with E-state index in [2.05, 4.69) is 64.5 Å². The number of aromatic nitrogens is 1. The maximum absolute atomic E-state index is 13.7. The first-order valence-corrected chi connectivity index (χ1v) is 14.2. The molecule has 0 aliphatic carbocycles. The number of carbonyl (C=O) groups is 1. The maximum atomic E-state index is 13.7. The van der Waals surface area contributed by atoms with E-state index in [0.29, 0.717) is 42.5 Å². The number of hydrogen-bond acceptors (Lipinski definition) is 6. The quantitative estimate of drug-likeness (QED) is 0.241. The van der Waals surface area contributed by atoms with Gasteiger partial charge in [-0.05, 0) is 52.4 Å². The summed E-state index contributed by atoms with van der Waals surface area (Å²) in [5.41, 5.74) is 2.93. The lowest BCUT2D eigenvalue weighted by Gasteiger charge is -2.26. The fraction of sp³-hybridized carbons (Fsp3) is 0.346. The Morgan fingerprint density at radius 3 is 2.60 bits per heavy atom. The number of benzene rings is 1. The molecule has 1 aliphatic rings. The molecule has 3 heterocycles. The fourth-order valence-electron chi connectivity index (χ4n) is 4.06. The van der Waals surface area contributed by atoms with Crippen LogP contribution in [0.5, 0.6) is 0 Å². The van der Waals surface area contributed by atoms with Crippen LogP contribution < -0.4 is 14.9 Å². The van der Waals surface area contributed by atoms with E-state index in [-0.39, 0.29) is 12.2 Å². The third kappa shape index (κ3) is 5.27. The molecule has 0 spiro atoms. The molecule has 1 aliphatic heterocycles. The molecule has 3 aromatic rings. The van der Waals surface area contributed by atoms with Crippen LogP contribution >= 0.6 is 49.9 Å². The van der Waals surface area contributed by atoms with Gasteiger partial charge in [0, 0.05) is 28.7 Å². The summed E-state index contributed by atoms with van der Waals surface area (Å²) in [5.74, 6) is 0.511. The summed E-state index contributed by atoms with van der Waals surface area (Å²) < 4.78 is 14.8. The predicted octanol–water partition coefficient (Wildman–Crippen LogP) is 5.66. The van der Waals surface area contributed by atoms with E-state index in [1.54, 1.807) is 17.6 Å². The number of nitrogens with zero attached hydrogens (tertiary/aromatic N) is 2. The second-order valence-electron chi connectivity index (χ2n) is 8.51. The number of halogens is 2. The van der Waals surface area contributed by atoms with Gasteiger partial charge >= 0.3 is 5.97 Å². The van der Waals surface area contributed by atoms with Gasteiger partial charge < -0.3 is 9.15 Å². The highest BCUT2D eigenvalue weighted by Gasteiger charge is 2.34. The van der Waals surface area contributed by atoms with E-state index >= 15 is 0 Å². The van der Waals surface area contributed by atoms with Crippen molar-refractivity contribution in [2.24, 2.45) is 4.99 Å². The van der Waals surface area contributed by atoms with Gasteiger partial charge in [-0.3, -0.25) is 9.36 Å². The van der Waals surface area contributed by atoms with Gasteiger partial charge in [0.1, 0.15) is 5.76 Å². The molecule has 2 aromatic heterocycles. The number of fused-ring (bicyclic) bond motifs is 1. The molecule has 0 bridgehead atoms. The van der Waals surface area contributed by atoms with Crippen molar-refractivity contribution in [1.82, 2.24) is 4.57 Å². The Hall–Kier alpha value is -1.98. The van der Waals surface area contributed by atoms with Crippen molar-refractivity contribution in [1.29, 1.82) is 0 Å². The Labute approximate surface area is 229 Å². The number of hydrogen-bond donors (Lipinski definition) is 0. The molecule has 0 saturated carbocycles. The first kappa shape index (κ1) is 26.1. The van der Waals surface area contributed by atoms with Crippen molar-refractivity contribution < 1.29 is 13.9 Å². The average molecular weight is 669 g/mol. The Morgan fingerprint density at radius 1 is 1.31 bits per heavy atom. The maximum Gasteiger partial charge on any atom is 0.338 e. The van der Waals surface area contributed by atoms with Gasteiger partial charge in [0.15, 0.2) is 8.57 Å². The summed E-state index contributed by atoms with van der Waals surface area (Å²) in [6.45, 7) is 8.34. The van der Waals surface area contributed by atoms with Gasteiger partial charge in [0.2, 0.25) is 0 Å². The van der Waals surface area contributed by atoms with Crippen LogP contribution in [-0.4, -0.2) is 17.1 Å². The fourth-order valence-corrected chi connectivity index (χ4v) is 5.78. The van der Waals surface area contributed by atoms with Gasteiger partial charge in [-0.2, -0.15) is 0 Å². The van der Waals surface area contributed by atoms with Crippen LogP contribution in [0.1, 0.15) is 69.4 Å². The highest BCUT2D eigenvalue weighted by molar-refractivity contribution is 14.1. The zero-order valence-corrected chi connectivity index (χ0v) is 24.5. The lowest BCUT2D eigenvalue weighted by atomic mass is 9.92. The van der Waals surface area contributed by atoms with Crippen molar-refractivity contribution >= 4 is 61.9 Å². The highest BCUT2D eigenvalue weighted by Crippen LogP contribution is 2.33. The zero-order chi connectivity index (χ0) is 25.3. The summed E-state index contributed by atoms with van der Waals surface area (Å²) in [5, 5.41) is 0. The van der Waals surface area contributed by atoms with Crippen molar-refractivity contribution in [2.45, 2.75) is 52.5 Å². The molecule has 0 amide bonds. The molecule has 35 heavy (non-hydrogen) atoms. The summed E-state index contributed by atoms with van der Waals surface area (Å²) in [6.07, 6.45) is 3.15. The lowest BCUT2D eigenvalue weighted by Crippen LogP contribution is -2.40. The highest BCUT2D eigenvalue weighted by atomic mass is 127. The topological polar surface area (TPSA) is 73.8 Å². The average Bonchev–Trinajstić information content (AvgIpc) is 3.30. The Morgan fingerprint density at radius 2 is 2.03 bits per heavy atom. The van der Waals surface area contributed by atoms with E-state index in [9.17, 15) is 9.59 Å². The molecule has 9 heteroatoms. The SMILES string of the molecule is CCCC1=C(C(=O)OCC)[C@H](c2ccc(C(C)C)cc2)n2c(s/c(=C/c3cc(Br)c(I)o3)c2=O)=N1. The number of rotatable bonds is 7. The third-order valence-electron chi connectivity index (χ3n) is 5.75. The minimum atomic E-state index is -0.612. The Bertz CT molecular complexity index is 1440. The van der Waals surface area contributed by atoms with Crippen molar-refractivity contribution in [3.05, 3.63) is 86.4 Å². The van der Waals surface area contributed by atoms with Gasteiger partial charge in [-0.15, -0.1) is 0 Å². The molecule has 0 N–H and O–H groups in total. The first-order chi connectivity index (χ1) is 16.7. The second kappa shape index (κ2) is 11.0. The van der Waals surface area contributed by atoms with Gasteiger partial charge in [0.25, 0.3) is 5.56 Å². The van der Waals surface area contributed by atoms with Crippen LogP contribution in [0.3, 0.4) is 0 Å². The second-order valence-corrected chi connectivity index (χ2v) is 11.3. The number of furan rings is 1. The predicted molar refractivity (Wildman–Crippen MR) is 149 cm³/mol. The van der Waals surface area contributed by atoms with Crippen LogP contribution in [0.25, 0.3) is 6.08 Å². The Kier molecular flexibility index (Phi) is 8.17. The van der Waals surface area contributed by atoms with Crippen LogP contribution in [0.15, 0.2) is 60.3 Å². The van der Waals surface area contributed by atoms with E-state index in [1.165, 1.54) is 16.9 Å². The van der Waals surface area contributed by atoms with Crippen LogP contribution in [0, 0.1) is 3.77 Å². The van der Waals surface area contributed by atoms with E-state index in [1.807, 2.05) is 25.1 Å². The van der Waals surface area contributed by atoms with Gasteiger partial charge in [0.05, 0.1) is 32.9 Å². The third-order valence-corrected chi connectivity index (χ3v) is 8.86. The molecule has 6 nitrogen and oxygen atoms in total. The standard InChI is InChI=1S/C26H26BrIN2O4S/c1-5-7-19-21(25(32)33-6-2)22(16-10-8-15(9-11-16)14(3)4)30-24(31)20(35-26(30)29-19)13-17-12-18(27)23(28)34-17/h8-14,22H,5-7H2,1-4H3/b20-13+/t22-/m0/s1. The van der Waals surface area contributed by atoms with Crippen molar-refractivity contribution in [3.8, 4) is 0 Å². The molecule has 184 valence electrons. The van der Waals surface area contributed by atoms with E-state index < -0.39 is 12.0 Å². The molecular formula is C26H26BrIN2O4S. The minimum Gasteiger partial charge on any atom is -0.463 e. The molecule has 0 fully saturated rings. The summed E-state index contributed by atoms with van der Waals surface area (Å²) in [4.78, 5) is 32.3. The number of ether oxygens (including phenoxy) is 1. The molecule has 4 rings (SSSR count). The lowest BCUT2D eigenvalue weighted by molar-refractivity contribution is -0.139. The van der Waals surface area contributed by atoms with Crippen molar-refractivity contribution in [3.63, 3.8) is 0 Å². The van der Waals surface area contributed by atoms with Gasteiger partial charge in [-0.25, -0.2) is 9.79 Å².